The van der Waals surface area contributed by atoms with Crippen molar-refractivity contribution in [3.8, 4) is 0 Å². The molecule has 4 heterocycles. The lowest BCUT2D eigenvalue weighted by molar-refractivity contribution is 0.0882. The van der Waals surface area contributed by atoms with Gasteiger partial charge in [-0.05, 0) is 5.92 Å². The van der Waals surface area contributed by atoms with Gasteiger partial charge in [-0.2, -0.15) is 0 Å². The van der Waals surface area contributed by atoms with Crippen molar-refractivity contribution in [2.75, 3.05) is 13.1 Å². The molecule has 1 aromatic rings. The number of likely N-dealkylation sites (tertiary alicyclic amines) is 1. The van der Waals surface area contributed by atoms with Crippen molar-refractivity contribution in [1.82, 2.24) is 19.8 Å². The van der Waals surface area contributed by atoms with Crippen molar-refractivity contribution in [2.45, 2.75) is 39.1 Å². The number of imidazole rings is 1. The first-order chi connectivity index (χ1) is 11.1. The van der Waals surface area contributed by atoms with E-state index in [-0.39, 0.29) is 18.2 Å². The minimum absolute atomic E-state index is 0.0119. The van der Waals surface area contributed by atoms with Crippen molar-refractivity contribution in [2.24, 2.45) is 17.8 Å². The molecular weight excluding hydrogens is 292 g/mol. The van der Waals surface area contributed by atoms with Crippen molar-refractivity contribution in [3.05, 3.63) is 30.4 Å². The molecule has 3 aliphatic heterocycles. The summed E-state index contributed by atoms with van der Waals surface area (Å²) < 4.78 is 7.97. The molecule has 2 fully saturated rings. The van der Waals surface area contributed by atoms with Crippen LogP contribution in [0.25, 0.3) is 0 Å². The maximum Gasteiger partial charge on any atom is 0.317 e. The number of ether oxygens (including phenoxy) is 1. The Morgan fingerprint density at radius 3 is 2.70 bits per heavy atom. The zero-order chi connectivity index (χ0) is 16.0. The van der Waals surface area contributed by atoms with Crippen molar-refractivity contribution >= 4 is 6.03 Å². The number of carbonyl (C=O) groups excluding carboxylic acids is 1. The van der Waals surface area contributed by atoms with E-state index in [0.29, 0.717) is 24.3 Å². The third-order valence-corrected chi connectivity index (χ3v) is 5.11. The van der Waals surface area contributed by atoms with Gasteiger partial charge < -0.3 is 19.5 Å². The molecule has 0 aliphatic carbocycles. The second kappa shape index (κ2) is 5.67. The topological polar surface area (TPSA) is 59.4 Å². The van der Waals surface area contributed by atoms with Gasteiger partial charge in [0.15, 0.2) is 0 Å². The standard InChI is InChI=1S/C17H24N4O2/c1-11(2)8-20-6-5-18-16(20)7-19-17(22)21-9-12-13(10-21)15-4-3-14(12)23-15/h3-6,11-15H,7-10H2,1-2H3,(H,19,22). The van der Waals surface area contributed by atoms with Gasteiger partial charge in [0.25, 0.3) is 0 Å². The van der Waals surface area contributed by atoms with Crippen molar-refractivity contribution in [3.63, 3.8) is 0 Å². The van der Waals surface area contributed by atoms with E-state index >= 15 is 0 Å². The number of hydrogen-bond donors (Lipinski definition) is 1. The Bertz CT molecular complexity index is 604. The van der Waals surface area contributed by atoms with E-state index in [4.69, 9.17) is 4.74 Å². The molecule has 4 rings (SSSR count). The number of carbonyl (C=O) groups is 1. The molecule has 23 heavy (non-hydrogen) atoms. The van der Waals surface area contributed by atoms with Crippen LogP contribution in [0.5, 0.6) is 0 Å². The molecule has 2 amide bonds. The molecule has 1 aromatic heterocycles. The molecule has 0 radical (unpaired) electrons. The molecular formula is C17H24N4O2. The largest absolute Gasteiger partial charge is 0.366 e. The normalized spacial score (nSPS) is 31.2. The summed E-state index contributed by atoms with van der Waals surface area (Å²) in [5.41, 5.74) is 0. The summed E-state index contributed by atoms with van der Waals surface area (Å²) in [6.45, 7) is 7.34. The minimum Gasteiger partial charge on any atom is -0.366 e. The molecule has 6 heteroatoms. The number of urea groups is 1. The summed E-state index contributed by atoms with van der Waals surface area (Å²) in [4.78, 5) is 18.7. The minimum atomic E-state index is 0.0119. The summed E-state index contributed by atoms with van der Waals surface area (Å²) >= 11 is 0. The summed E-state index contributed by atoms with van der Waals surface area (Å²) in [5, 5.41) is 3.02. The van der Waals surface area contributed by atoms with Gasteiger partial charge in [-0.25, -0.2) is 9.78 Å². The zero-order valence-electron chi connectivity index (χ0n) is 13.7. The molecule has 1 N–H and O–H groups in total. The summed E-state index contributed by atoms with van der Waals surface area (Å²) in [6, 6.07) is 0.0119. The van der Waals surface area contributed by atoms with E-state index < -0.39 is 0 Å². The fourth-order valence-corrected chi connectivity index (χ4v) is 4.03. The summed E-state index contributed by atoms with van der Waals surface area (Å²) in [5.74, 6) is 2.41. The Labute approximate surface area is 136 Å². The predicted octanol–water partition coefficient (Wildman–Crippen LogP) is 1.63. The lowest BCUT2D eigenvalue weighted by Crippen LogP contribution is -2.40. The maximum absolute atomic E-state index is 12.5. The first-order valence-electron chi connectivity index (χ1n) is 8.48. The molecule has 2 bridgehead atoms. The third kappa shape index (κ3) is 2.65. The second-order valence-corrected chi connectivity index (χ2v) is 7.23. The number of nitrogens with zero attached hydrogens (tertiary/aromatic N) is 3. The van der Waals surface area contributed by atoms with Crippen LogP contribution in [0.4, 0.5) is 4.79 Å². The zero-order valence-corrected chi connectivity index (χ0v) is 13.7. The quantitative estimate of drug-likeness (QED) is 0.859. The Morgan fingerprint density at radius 1 is 1.35 bits per heavy atom. The van der Waals surface area contributed by atoms with Gasteiger partial charge in [-0.15, -0.1) is 0 Å². The number of hydrogen-bond acceptors (Lipinski definition) is 3. The predicted molar refractivity (Wildman–Crippen MR) is 85.7 cm³/mol. The van der Waals surface area contributed by atoms with Crippen LogP contribution < -0.4 is 5.32 Å². The summed E-state index contributed by atoms with van der Waals surface area (Å²) in [6.07, 6.45) is 8.50. The van der Waals surface area contributed by atoms with E-state index in [0.717, 1.165) is 25.5 Å². The lowest BCUT2D eigenvalue weighted by Gasteiger charge is -2.19. The Morgan fingerprint density at radius 2 is 2.04 bits per heavy atom. The highest BCUT2D eigenvalue weighted by molar-refractivity contribution is 5.74. The monoisotopic (exact) mass is 316 g/mol. The molecule has 124 valence electrons. The van der Waals surface area contributed by atoms with Gasteiger partial charge in [-0.3, -0.25) is 0 Å². The van der Waals surface area contributed by atoms with E-state index in [9.17, 15) is 4.79 Å². The van der Waals surface area contributed by atoms with Gasteiger partial charge in [0.1, 0.15) is 5.82 Å². The number of aromatic nitrogens is 2. The van der Waals surface area contributed by atoms with Gasteiger partial charge in [0.2, 0.25) is 0 Å². The number of fused-ring (bicyclic) bond motifs is 5. The highest BCUT2D eigenvalue weighted by Gasteiger charge is 2.51. The average Bonchev–Trinajstić information content (AvgIpc) is 3.25. The second-order valence-electron chi connectivity index (χ2n) is 7.23. The lowest BCUT2D eigenvalue weighted by atomic mass is 9.86. The molecule has 2 saturated heterocycles. The molecule has 0 aromatic carbocycles. The van der Waals surface area contributed by atoms with Crippen LogP contribution >= 0.6 is 0 Å². The average molecular weight is 316 g/mol. The fourth-order valence-electron chi connectivity index (χ4n) is 4.03. The molecule has 3 aliphatic rings. The van der Waals surface area contributed by atoms with E-state index in [1.54, 1.807) is 6.20 Å². The molecule has 4 atom stereocenters. The molecule has 6 nitrogen and oxygen atoms in total. The Hall–Kier alpha value is -1.82. The van der Waals surface area contributed by atoms with Crippen LogP contribution in [-0.4, -0.2) is 45.8 Å². The number of nitrogens with one attached hydrogen (secondary N) is 1. The van der Waals surface area contributed by atoms with Gasteiger partial charge in [0, 0.05) is 43.9 Å². The molecule has 0 spiro atoms. The van der Waals surface area contributed by atoms with E-state index in [1.807, 2.05) is 11.1 Å². The van der Waals surface area contributed by atoms with Crippen LogP contribution in [-0.2, 0) is 17.8 Å². The van der Waals surface area contributed by atoms with Crippen LogP contribution in [0, 0.1) is 17.8 Å². The highest BCUT2D eigenvalue weighted by Crippen LogP contribution is 2.43. The molecule has 0 saturated carbocycles. The molecule has 4 unspecified atom stereocenters. The van der Waals surface area contributed by atoms with Gasteiger partial charge in [0.05, 0.1) is 18.8 Å². The fraction of sp³-hybridized carbons (Fsp3) is 0.647. The SMILES string of the molecule is CC(C)Cn1ccnc1CNC(=O)N1CC2C3C=CC(O3)C2C1. The van der Waals surface area contributed by atoms with Gasteiger partial charge in [-0.1, -0.05) is 26.0 Å². The van der Waals surface area contributed by atoms with Crippen LogP contribution in [0.2, 0.25) is 0 Å². The number of amides is 2. The number of rotatable bonds is 4. The first kappa shape index (κ1) is 14.8. The Balaban J connectivity index is 1.32. The first-order valence-corrected chi connectivity index (χ1v) is 8.48. The highest BCUT2D eigenvalue weighted by atomic mass is 16.5. The van der Waals surface area contributed by atoms with Crippen LogP contribution in [0.15, 0.2) is 24.5 Å². The third-order valence-electron chi connectivity index (χ3n) is 5.11. The van der Waals surface area contributed by atoms with Gasteiger partial charge >= 0.3 is 6.03 Å². The van der Waals surface area contributed by atoms with Crippen LogP contribution in [0.1, 0.15) is 19.7 Å². The van der Waals surface area contributed by atoms with Crippen LogP contribution in [0.3, 0.4) is 0 Å². The smallest absolute Gasteiger partial charge is 0.317 e. The van der Waals surface area contributed by atoms with Crippen molar-refractivity contribution < 1.29 is 9.53 Å². The van der Waals surface area contributed by atoms with E-state index in [2.05, 4.69) is 40.9 Å². The Kier molecular flexibility index (Phi) is 3.64. The maximum atomic E-state index is 12.5. The van der Waals surface area contributed by atoms with E-state index in [1.165, 1.54) is 0 Å². The summed E-state index contributed by atoms with van der Waals surface area (Å²) in [7, 11) is 0. The van der Waals surface area contributed by atoms with Crippen molar-refractivity contribution in [1.29, 1.82) is 0 Å².